The first-order chi connectivity index (χ1) is 11.2. The maximum absolute atomic E-state index is 11.2. The van der Waals surface area contributed by atoms with Gasteiger partial charge in [-0.25, -0.2) is 4.79 Å². The van der Waals surface area contributed by atoms with Crippen LogP contribution in [-0.2, 0) is 11.2 Å². The van der Waals surface area contributed by atoms with Gasteiger partial charge in [0, 0.05) is 35.8 Å². The highest BCUT2D eigenvalue weighted by Gasteiger charge is 2.22. The molecular weight excluding hydrogens is 290 g/mol. The highest BCUT2D eigenvalue weighted by atomic mass is 16.6. The first-order valence-corrected chi connectivity index (χ1v) is 8.10. The second kappa shape index (κ2) is 5.74. The second-order valence-corrected chi connectivity index (χ2v) is 6.47. The molecule has 0 unspecified atom stereocenters. The van der Waals surface area contributed by atoms with Crippen LogP contribution in [0.2, 0.25) is 0 Å². The monoisotopic (exact) mass is 311 g/mol. The van der Waals surface area contributed by atoms with Crippen molar-refractivity contribution in [3.8, 4) is 0 Å². The Bertz CT molecular complexity index is 778. The molecule has 0 aliphatic carbocycles. The summed E-state index contributed by atoms with van der Waals surface area (Å²) in [6.07, 6.45) is 6.01. The molecule has 4 rings (SSSR count). The van der Waals surface area contributed by atoms with E-state index in [1.54, 1.807) is 0 Å². The van der Waals surface area contributed by atoms with E-state index in [9.17, 15) is 4.79 Å². The number of aromatic nitrogens is 1. The fourth-order valence-corrected chi connectivity index (χ4v) is 3.40. The van der Waals surface area contributed by atoms with E-state index in [0.717, 1.165) is 31.4 Å². The quantitative estimate of drug-likeness (QED) is 0.916. The lowest BCUT2D eigenvalue weighted by Gasteiger charge is -2.21. The molecule has 1 aromatic heterocycles. The average Bonchev–Trinajstić information content (AvgIpc) is 3.14. The number of nitrogens with zero attached hydrogens (tertiary/aromatic N) is 1. The Morgan fingerprint density at radius 1 is 1.39 bits per heavy atom. The zero-order chi connectivity index (χ0) is 15.8. The van der Waals surface area contributed by atoms with Gasteiger partial charge in [-0.3, -0.25) is 0 Å². The number of rotatable bonds is 3. The minimum atomic E-state index is -0.310. The first kappa shape index (κ1) is 14.3. The molecule has 2 aliphatic heterocycles. The molecule has 0 bridgehead atoms. The normalized spacial score (nSPS) is 22.0. The predicted molar refractivity (Wildman–Crippen MR) is 90.4 cm³/mol. The van der Waals surface area contributed by atoms with Crippen molar-refractivity contribution in [3.63, 3.8) is 0 Å². The fraction of sp³-hybridized carbons (Fsp3) is 0.389. The third-order valence-electron chi connectivity index (χ3n) is 4.72. The van der Waals surface area contributed by atoms with Gasteiger partial charge in [0.2, 0.25) is 0 Å². The molecule has 1 amide bonds. The molecule has 0 spiro atoms. The van der Waals surface area contributed by atoms with Crippen molar-refractivity contribution in [3.05, 3.63) is 41.6 Å². The number of nitrogens with one attached hydrogen (secondary N) is 2. The summed E-state index contributed by atoms with van der Waals surface area (Å²) >= 11 is 0. The third kappa shape index (κ3) is 2.84. The van der Waals surface area contributed by atoms with Crippen molar-refractivity contribution in [2.24, 2.45) is 0 Å². The van der Waals surface area contributed by atoms with Gasteiger partial charge in [-0.15, -0.1) is 0 Å². The highest BCUT2D eigenvalue weighted by molar-refractivity contribution is 5.93. The van der Waals surface area contributed by atoms with Crippen LogP contribution in [0, 0.1) is 0 Å². The van der Waals surface area contributed by atoms with Crippen LogP contribution in [-0.4, -0.2) is 48.8 Å². The van der Waals surface area contributed by atoms with E-state index in [-0.39, 0.29) is 12.1 Å². The summed E-state index contributed by atoms with van der Waals surface area (Å²) in [6.45, 7) is 2.56. The van der Waals surface area contributed by atoms with Crippen LogP contribution in [0.25, 0.3) is 16.5 Å². The Morgan fingerprint density at radius 3 is 3.04 bits per heavy atom. The van der Waals surface area contributed by atoms with Gasteiger partial charge in [-0.1, -0.05) is 12.1 Å². The summed E-state index contributed by atoms with van der Waals surface area (Å²) in [6, 6.07) is 6.56. The number of aromatic amines is 1. The van der Waals surface area contributed by atoms with Crippen LogP contribution in [0.1, 0.15) is 17.5 Å². The Labute approximate surface area is 135 Å². The van der Waals surface area contributed by atoms with Crippen molar-refractivity contribution >= 4 is 22.6 Å². The van der Waals surface area contributed by atoms with Crippen molar-refractivity contribution < 1.29 is 9.53 Å². The Hall–Kier alpha value is -2.27. The summed E-state index contributed by atoms with van der Waals surface area (Å²) in [5.41, 5.74) is 5.11. The maximum atomic E-state index is 11.2. The number of cyclic esters (lactones) is 1. The Balaban J connectivity index is 1.62. The molecule has 1 atom stereocenters. The Kier molecular flexibility index (Phi) is 3.58. The molecule has 5 nitrogen and oxygen atoms in total. The number of hydrogen-bond donors (Lipinski definition) is 2. The van der Waals surface area contributed by atoms with Crippen molar-refractivity contribution in [2.45, 2.75) is 18.9 Å². The predicted octanol–water partition coefficient (Wildman–Crippen LogP) is 2.54. The molecule has 0 saturated carbocycles. The third-order valence-corrected chi connectivity index (χ3v) is 4.72. The van der Waals surface area contributed by atoms with Crippen LogP contribution >= 0.6 is 0 Å². The largest absolute Gasteiger partial charge is 0.447 e. The van der Waals surface area contributed by atoms with Crippen molar-refractivity contribution in [2.75, 3.05) is 26.7 Å². The van der Waals surface area contributed by atoms with Gasteiger partial charge in [-0.05, 0) is 43.2 Å². The number of alkyl carbamates (subject to hydrolysis) is 1. The van der Waals surface area contributed by atoms with Crippen LogP contribution < -0.4 is 5.32 Å². The second-order valence-electron chi connectivity index (χ2n) is 6.47. The molecule has 3 heterocycles. The number of carbonyl (C=O) groups excluding carboxylic acids is 1. The topological polar surface area (TPSA) is 57.4 Å². The lowest BCUT2D eigenvalue weighted by molar-refractivity contribution is 0.177. The minimum absolute atomic E-state index is 0.0740. The average molecular weight is 311 g/mol. The summed E-state index contributed by atoms with van der Waals surface area (Å²) in [5.74, 6) is 0. The van der Waals surface area contributed by atoms with Gasteiger partial charge < -0.3 is 19.9 Å². The zero-order valence-corrected chi connectivity index (χ0v) is 13.3. The standard InChI is InChI=1S/C18H21N3O2/c1-21-6-4-13(5-7-21)16-10-19-17-3-2-12(9-15(16)17)8-14-11-23-18(22)20-14/h2-4,9-10,14,19H,5-8,11H2,1H3,(H,20,22)/t14-/m0/s1. The molecule has 120 valence electrons. The van der Waals surface area contributed by atoms with Gasteiger partial charge in [-0.2, -0.15) is 0 Å². The summed E-state index contributed by atoms with van der Waals surface area (Å²) in [7, 11) is 2.15. The number of hydrogen-bond acceptors (Lipinski definition) is 3. The number of benzene rings is 1. The first-order valence-electron chi connectivity index (χ1n) is 8.10. The van der Waals surface area contributed by atoms with Gasteiger partial charge in [0.25, 0.3) is 0 Å². The number of amides is 1. The van der Waals surface area contributed by atoms with Gasteiger partial charge >= 0.3 is 6.09 Å². The van der Waals surface area contributed by atoms with Gasteiger partial charge in [0.1, 0.15) is 6.61 Å². The summed E-state index contributed by atoms with van der Waals surface area (Å²) in [5, 5.41) is 4.11. The van der Waals surface area contributed by atoms with Crippen molar-refractivity contribution in [1.29, 1.82) is 0 Å². The lowest BCUT2D eigenvalue weighted by Crippen LogP contribution is -2.28. The van der Waals surface area contributed by atoms with Gasteiger partial charge in [0.15, 0.2) is 0 Å². The SMILES string of the molecule is CN1CC=C(c2c[nH]c3ccc(C[C@H]4COC(=O)N4)cc23)CC1. The van der Waals surface area contributed by atoms with E-state index < -0.39 is 0 Å². The fourth-order valence-electron chi connectivity index (χ4n) is 3.40. The van der Waals surface area contributed by atoms with Crippen molar-refractivity contribution in [1.82, 2.24) is 15.2 Å². The number of fused-ring (bicyclic) bond motifs is 1. The smallest absolute Gasteiger partial charge is 0.407 e. The minimum Gasteiger partial charge on any atom is -0.447 e. The molecule has 2 N–H and O–H groups in total. The van der Waals surface area contributed by atoms with E-state index in [4.69, 9.17) is 4.74 Å². The molecule has 0 radical (unpaired) electrons. The van der Waals surface area contributed by atoms with E-state index in [0.29, 0.717) is 6.61 Å². The molecule has 1 saturated heterocycles. The molecule has 1 aromatic carbocycles. The van der Waals surface area contributed by atoms with E-state index in [1.165, 1.54) is 22.1 Å². The summed E-state index contributed by atoms with van der Waals surface area (Å²) < 4.78 is 4.97. The van der Waals surface area contributed by atoms with Crippen LogP contribution in [0.15, 0.2) is 30.5 Å². The van der Waals surface area contributed by atoms with Crippen LogP contribution in [0.3, 0.4) is 0 Å². The number of carbonyl (C=O) groups is 1. The summed E-state index contributed by atoms with van der Waals surface area (Å²) in [4.78, 5) is 16.9. The molecule has 2 aliphatic rings. The molecule has 1 fully saturated rings. The molecule has 2 aromatic rings. The molecular formula is C18H21N3O2. The van der Waals surface area contributed by atoms with E-state index in [1.807, 2.05) is 0 Å². The number of likely N-dealkylation sites (N-methyl/N-ethyl adjacent to an activating group) is 1. The highest BCUT2D eigenvalue weighted by Crippen LogP contribution is 2.30. The number of ether oxygens (including phenoxy) is 1. The van der Waals surface area contributed by atoms with E-state index in [2.05, 4.69) is 52.7 Å². The molecule has 23 heavy (non-hydrogen) atoms. The Morgan fingerprint density at radius 2 is 2.30 bits per heavy atom. The van der Waals surface area contributed by atoms with Crippen LogP contribution in [0.5, 0.6) is 0 Å². The maximum Gasteiger partial charge on any atom is 0.407 e. The molecule has 5 heteroatoms. The lowest BCUT2D eigenvalue weighted by atomic mass is 9.97. The zero-order valence-electron chi connectivity index (χ0n) is 13.3. The number of H-pyrrole nitrogens is 1. The van der Waals surface area contributed by atoms with Gasteiger partial charge in [0.05, 0.1) is 6.04 Å². The van der Waals surface area contributed by atoms with Crippen LogP contribution in [0.4, 0.5) is 4.79 Å². The van der Waals surface area contributed by atoms with E-state index >= 15 is 0 Å².